The SMILES string of the molecule is CC(CNC1CCCCC1)n1cnc2c1c(=O)n(C)c(=O)n2C. The molecule has 0 spiro atoms. The molecule has 1 aliphatic carbocycles. The van der Waals surface area contributed by atoms with Gasteiger partial charge in [-0.05, 0) is 19.8 Å². The molecule has 1 saturated carbocycles. The Kier molecular flexibility index (Phi) is 4.39. The third-order valence-electron chi connectivity index (χ3n) is 4.96. The van der Waals surface area contributed by atoms with E-state index < -0.39 is 0 Å². The predicted molar refractivity (Wildman–Crippen MR) is 89.8 cm³/mol. The Morgan fingerprint density at radius 1 is 1.22 bits per heavy atom. The van der Waals surface area contributed by atoms with Crippen LogP contribution in [-0.2, 0) is 14.1 Å². The number of aryl methyl sites for hydroxylation is 1. The Morgan fingerprint density at radius 2 is 1.91 bits per heavy atom. The number of imidazole rings is 1. The quantitative estimate of drug-likeness (QED) is 0.909. The summed E-state index contributed by atoms with van der Waals surface area (Å²) in [5, 5.41) is 3.61. The second-order valence-electron chi connectivity index (χ2n) is 6.62. The van der Waals surface area contributed by atoms with Crippen molar-refractivity contribution >= 4 is 11.2 Å². The lowest BCUT2D eigenvalue weighted by atomic mass is 9.95. The Hall–Kier alpha value is -1.89. The molecule has 2 aromatic heterocycles. The van der Waals surface area contributed by atoms with Crippen LogP contribution in [-0.4, -0.2) is 31.3 Å². The molecule has 23 heavy (non-hydrogen) atoms. The summed E-state index contributed by atoms with van der Waals surface area (Å²) in [5.41, 5.74) is 0.306. The van der Waals surface area contributed by atoms with Gasteiger partial charge in [-0.1, -0.05) is 19.3 Å². The molecule has 0 bridgehead atoms. The van der Waals surface area contributed by atoms with Crippen LogP contribution in [0.15, 0.2) is 15.9 Å². The van der Waals surface area contributed by atoms with Gasteiger partial charge < -0.3 is 9.88 Å². The van der Waals surface area contributed by atoms with Crippen LogP contribution in [0.1, 0.15) is 45.1 Å². The van der Waals surface area contributed by atoms with E-state index >= 15 is 0 Å². The minimum atomic E-state index is -0.347. The highest BCUT2D eigenvalue weighted by Gasteiger charge is 2.19. The van der Waals surface area contributed by atoms with Gasteiger partial charge in [-0.25, -0.2) is 9.78 Å². The molecule has 3 rings (SSSR count). The summed E-state index contributed by atoms with van der Waals surface area (Å²) in [6, 6.07) is 0.681. The molecule has 1 atom stereocenters. The van der Waals surface area contributed by atoms with Crippen LogP contribution < -0.4 is 16.6 Å². The highest BCUT2D eigenvalue weighted by atomic mass is 16.2. The Labute approximate surface area is 134 Å². The summed E-state index contributed by atoms with van der Waals surface area (Å²) in [4.78, 5) is 28.7. The highest BCUT2D eigenvalue weighted by molar-refractivity contribution is 5.70. The molecule has 126 valence electrons. The summed E-state index contributed by atoms with van der Waals surface area (Å²) < 4.78 is 4.45. The van der Waals surface area contributed by atoms with Crippen molar-refractivity contribution in [2.75, 3.05) is 6.54 Å². The molecular formula is C16H25N5O2. The normalized spacial score (nSPS) is 17.7. The second-order valence-corrected chi connectivity index (χ2v) is 6.62. The summed E-state index contributed by atoms with van der Waals surface area (Å²) in [7, 11) is 3.15. The first-order valence-corrected chi connectivity index (χ1v) is 8.36. The first kappa shape index (κ1) is 16.0. The van der Waals surface area contributed by atoms with Crippen molar-refractivity contribution in [3.63, 3.8) is 0 Å². The van der Waals surface area contributed by atoms with Gasteiger partial charge in [-0.2, -0.15) is 0 Å². The fraction of sp³-hybridized carbons (Fsp3) is 0.688. The molecule has 0 aliphatic heterocycles. The van der Waals surface area contributed by atoms with Gasteiger partial charge in [0.25, 0.3) is 5.56 Å². The molecule has 0 saturated heterocycles. The number of fused-ring (bicyclic) bond motifs is 1. The van der Waals surface area contributed by atoms with Crippen molar-refractivity contribution in [3.05, 3.63) is 27.2 Å². The lowest BCUT2D eigenvalue weighted by molar-refractivity contribution is 0.352. The number of aromatic nitrogens is 4. The molecule has 1 N–H and O–H groups in total. The van der Waals surface area contributed by atoms with E-state index in [1.165, 1.54) is 43.7 Å². The van der Waals surface area contributed by atoms with Crippen LogP contribution in [0.2, 0.25) is 0 Å². The third-order valence-corrected chi connectivity index (χ3v) is 4.96. The summed E-state index contributed by atoms with van der Waals surface area (Å²) >= 11 is 0. The molecule has 1 aliphatic rings. The van der Waals surface area contributed by atoms with Crippen LogP contribution in [0.4, 0.5) is 0 Å². The molecule has 7 nitrogen and oxygen atoms in total. The van der Waals surface area contributed by atoms with Crippen molar-refractivity contribution in [2.24, 2.45) is 14.1 Å². The summed E-state index contributed by atoms with van der Waals surface area (Å²) in [6.07, 6.45) is 8.05. The average Bonchev–Trinajstić information content (AvgIpc) is 3.02. The number of nitrogens with one attached hydrogen (secondary N) is 1. The van der Waals surface area contributed by atoms with E-state index in [4.69, 9.17) is 0 Å². The van der Waals surface area contributed by atoms with Gasteiger partial charge in [0, 0.05) is 32.7 Å². The van der Waals surface area contributed by atoms with Crippen molar-refractivity contribution in [1.29, 1.82) is 0 Å². The molecule has 1 unspecified atom stereocenters. The van der Waals surface area contributed by atoms with E-state index in [-0.39, 0.29) is 17.3 Å². The number of hydrogen-bond acceptors (Lipinski definition) is 4. The summed E-state index contributed by atoms with van der Waals surface area (Å²) in [5.74, 6) is 0. The Bertz CT molecular complexity index is 810. The van der Waals surface area contributed by atoms with Gasteiger partial charge in [0.15, 0.2) is 11.2 Å². The van der Waals surface area contributed by atoms with Crippen LogP contribution >= 0.6 is 0 Å². The zero-order valence-corrected chi connectivity index (χ0v) is 14.1. The summed E-state index contributed by atoms with van der Waals surface area (Å²) in [6.45, 7) is 2.86. The first-order chi connectivity index (χ1) is 11.0. The van der Waals surface area contributed by atoms with E-state index in [1.807, 2.05) is 4.57 Å². The van der Waals surface area contributed by atoms with E-state index in [0.717, 1.165) is 11.1 Å². The maximum atomic E-state index is 12.5. The maximum absolute atomic E-state index is 12.5. The standard InChI is InChI=1S/C16H25N5O2/c1-11(9-17-12-7-5-4-6-8-12)21-10-18-14-13(21)15(22)20(3)16(23)19(14)2/h10-12,17H,4-9H2,1-3H3. The van der Waals surface area contributed by atoms with Crippen LogP contribution in [0.5, 0.6) is 0 Å². The van der Waals surface area contributed by atoms with Crippen molar-refractivity contribution in [2.45, 2.75) is 51.1 Å². The molecule has 1 fully saturated rings. The van der Waals surface area contributed by atoms with E-state index in [1.54, 1.807) is 13.4 Å². The molecule has 2 heterocycles. The van der Waals surface area contributed by atoms with Crippen LogP contribution in [0, 0.1) is 0 Å². The zero-order chi connectivity index (χ0) is 16.6. The molecule has 7 heteroatoms. The van der Waals surface area contributed by atoms with Crippen molar-refractivity contribution in [1.82, 2.24) is 24.0 Å². The second kappa shape index (κ2) is 6.31. The van der Waals surface area contributed by atoms with Gasteiger partial charge >= 0.3 is 5.69 Å². The number of nitrogens with zero attached hydrogens (tertiary/aromatic N) is 4. The molecule has 0 amide bonds. The molecule has 0 radical (unpaired) electrons. The average molecular weight is 319 g/mol. The Morgan fingerprint density at radius 3 is 2.61 bits per heavy atom. The van der Waals surface area contributed by atoms with Crippen LogP contribution in [0.3, 0.4) is 0 Å². The lowest BCUT2D eigenvalue weighted by Gasteiger charge is -2.25. The highest BCUT2D eigenvalue weighted by Crippen LogP contribution is 2.18. The van der Waals surface area contributed by atoms with Crippen molar-refractivity contribution < 1.29 is 0 Å². The fourth-order valence-corrected chi connectivity index (χ4v) is 3.44. The Balaban J connectivity index is 1.87. The van der Waals surface area contributed by atoms with E-state index in [0.29, 0.717) is 17.2 Å². The fourth-order valence-electron chi connectivity index (χ4n) is 3.44. The number of rotatable bonds is 4. The number of hydrogen-bond donors (Lipinski definition) is 1. The molecule has 0 aromatic carbocycles. The minimum Gasteiger partial charge on any atom is -0.321 e. The monoisotopic (exact) mass is 319 g/mol. The largest absolute Gasteiger partial charge is 0.332 e. The zero-order valence-electron chi connectivity index (χ0n) is 14.1. The topological polar surface area (TPSA) is 73.8 Å². The van der Waals surface area contributed by atoms with Gasteiger partial charge in [-0.3, -0.25) is 13.9 Å². The first-order valence-electron chi connectivity index (χ1n) is 8.36. The molecular weight excluding hydrogens is 294 g/mol. The van der Waals surface area contributed by atoms with Gasteiger partial charge in [0.05, 0.1) is 6.33 Å². The lowest BCUT2D eigenvalue weighted by Crippen LogP contribution is -2.38. The third kappa shape index (κ3) is 2.85. The van der Waals surface area contributed by atoms with Crippen LogP contribution in [0.25, 0.3) is 11.2 Å². The van der Waals surface area contributed by atoms with Crippen molar-refractivity contribution in [3.8, 4) is 0 Å². The van der Waals surface area contributed by atoms with Gasteiger partial charge in [0.2, 0.25) is 0 Å². The van der Waals surface area contributed by atoms with E-state index in [9.17, 15) is 9.59 Å². The smallest absolute Gasteiger partial charge is 0.321 e. The molecule has 2 aromatic rings. The van der Waals surface area contributed by atoms with E-state index in [2.05, 4.69) is 17.2 Å². The van der Waals surface area contributed by atoms with Gasteiger partial charge in [0.1, 0.15) is 0 Å². The minimum absolute atomic E-state index is 0.104. The maximum Gasteiger partial charge on any atom is 0.332 e. The van der Waals surface area contributed by atoms with Gasteiger partial charge in [-0.15, -0.1) is 0 Å². The predicted octanol–water partition coefficient (Wildman–Crippen LogP) is 0.917.